The number of nitrogens with zero attached hydrogens (tertiary/aromatic N) is 4. The number of anilines is 1. The van der Waals surface area contributed by atoms with Gasteiger partial charge in [-0.1, -0.05) is 11.6 Å². The van der Waals surface area contributed by atoms with Crippen molar-refractivity contribution in [2.75, 3.05) is 12.4 Å². The molecule has 3 heterocycles. The molecule has 0 saturated carbocycles. The lowest BCUT2D eigenvalue weighted by molar-refractivity contribution is -0.120. The predicted molar refractivity (Wildman–Crippen MR) is 96.8 cm³/mol. The van der Waals surface area contributed by atoms with Crippen molar-refractivity contribution >= 4 is 33.4 Å². The van der Waals surface area contributed by atoms with Crippen LogP contribution in [0.4, 0.5) is 5.69 Å². The highest BCUT2D eigenvalue weighted by Crippen LogP contribution is 2.30. The molecular formula is C15H19ClN6O3S. The highest BCUT2D eigenvalue weighted by molar-refractivity contribution is 7.87. The zero-order valence-corrected chi connectivity index (χ0v) is 16.0. The number of pyridine rings is 1. The first-order chi connectivity index (χ1) is 12.2. The third-order valence-electron chi connectivity index (χ3n) is 4.31. The van der Waals surface area contributed by atoms with Crippen LogP contribution in [0.2, 0.25) is 5.15 Å². The third kappa shape index (κ3) is 3.58. The average molecular weight is 399 g/mol. The van der Waals surface area contributed by atoms with E-state index in [0.29, 0.717) is 11.4 Å². The Morgan fingerprint density at radius 3 is 2.77 bits per heavy atom. The lowest BCUT2D eigenvalue weighted by Gasteiger charge is -2.36. The van der Waals surface area contributed by atoms with Crippen molar-refractivity contribution in [3.05, 3.63) is 40.9 Å². The number of halogens is 1. The summed E-state index contributed by atoms with van der Waals surface area (Å²) in [6, 6.07) is 1.78. The summed E-state index contributed by atoms with van der Waals surface area (Å²) in [5.74, 6) is -0.473. The van der Waals surface area contributed by atoms with E-state index in [-0.39, 0.29) is 11.6 Å². The number of aromatic nitrogens is 3. The van der Waals surface area contributed by atoms with Gasteiger partial charge in [-0.05, 0) is 25.5 Å². The molecule has 26 heavy (non-hydrogen) atoms. The van der Waals surface area contributed by atoms with Crippen LogP contribution in [0, 0.1) is 6.92 Å². The Morgan fingerprint density at radius 1 is 1.42 bits per heavy atom. The molecule has 11 heteroatoms. The van der Waals surface area contributed by atoms with Crippen molar-refractivity contribution in [2.24, 2.45) is 7.05 Å². The minimum absolute atomic E-state index is 0.139. The Hall–Kier alpha value is -2.01. The Bertz CT molecular complexity index is 945. The number of carbonyl (C=O) groups excluding carboxylic acids is 1. The highest BCUT2D eigenvalue weighted by Gasteiger charge is 2.41. The van der Waals surface area contributed by atoms with E-state index in [9.17, 15) is 13.2 Å². The molecule has 140 valence electrons. The van der Waals surface area contributed by atoms with E-state index in [1.54, 1.807) is 37.0 Å². The predicted octanol–water partition coefficient (Wildman–Crippen LogP) is 0.995. The van der Waals surface area contributed by atoms with Gasteiger partial charge in [0, 0.05) is 32.1 Å². The molecule has 1 aliphatic heterocycles. The molecule has 3 rings (SSSR count). The summed E-state index contributed by atoms with van der Waals surface area (Å²) in [5.41, 5.74) is 1.78. The fourth-order valence-electron chi connectivity index (χ4n) is 2.97. The molecule has 9 nitrogen and oxygen atoms in total. The quantitative estimate of drug-likeness (QED) is 0.749. The molecule has 0 spiro atoms. The largest absolute Gasteiger partial charge is 0.322 e. The van der Waals surface area contributed by atoms with Crippen molar-refractivity contribution in [1.82, 2.24) is 23.8 Å². The molecule has 0 aliphatic carbocycles. The first-order valence-electron chi connectivity index (χ1n) is 7.86. The molecule has 2 aromatic rings. The Morgan fingerprint density at radius 2 is 2.15 bits per heavy atom. The number of nitrogens with one attached hydrogen (secondary N) is 2. The molecule has 2 aromatic heterocycles. The van der Waals surface area contributed by atoms with Gasteiger partial charge in [0.2, 0.25) is 5.91 Å². The third-order valence-corrected chi connectivity index (χ3v) is 6.21. The number of amides is 1. The lowest BCUT2D eigenvalue weighted by atomic mass is 10.00. The molecule has 0 bridgehead atoms. The minimum Gasteiger partial charge on any atom is -0.322 e. The molecular weight excluding hydrogens is 380 g/mol. The number of rotatable bonds is 3. The number of carbonyl (C=O) groups is 1. The van der Waals surface area contributed by atoms with Gasteiger partial charge in [0.1, 0.15) is 6.04 Å². The van der Waals surface area contributed by atoms with E-state index in [0.717, 1.165) is 9.87 Å². The summed E-state index contributed by atoms with van der Waals surface area (Å²) in [6.07, 6.45) is 3.51. The maximum Gasteiger partial charge on any atom is 0.280 e. The Labute approximate surface area is 156 Å². The van der Waals surface area contributed by atoms with E-state index in [4.69, 9.17) is 11.6 Å². The summed E-state index contributed by atoms with van der Waals surface area (Å²) in [6.45, 7) is 1.80. The molecule has 1 aliphatic rings. The molecule has 0 radical (unpaired) electrons. The fourth-order valence-corrected chi connectivity index (χ4v) is 4.40. The normalized spacial score (nSPS) is 22.9. The summed E-state index contributed by atoms with van der Waals surface area (Å²) < 4.78 is 30.2. The molecule has 2 N–H and O–H groups in total. The van der Waals surface area contributed by atoms with Gasteiger partial charge in [-0.25, -0.2) is 4.98 Å². The van der Waals surface area contributed by atoms with Crippen molar-refractivity contribution in [3.63, 3.8) is 0 Å². The second kappa shape index (κ2) is 6.95. The van der Waals surface area contributed by atoms with Gasteiger partial charge in [-0.3, -0.25) is 9.48 Å². The second-order valence-corrected chi connectivity index (χ2v) is 8.24. The lowest BCUT2D eigenvalue weighted by Crippen LogP contribution is -2.56. The van der Waals surface area contributed by atoms with E-state index in [1.165, 1.54) is 13.2 Å². The monoisotopic (exact) mass is 398 g/mol. The van der Waals surface area contributed by atoms with Crippen LogP contribution in [0.3, 0.4) is 0 Å². The highest BCUT2D eigenvalue weighted by atomic mass is 35.5. The van der Waals surface area contributed by atoms with Crippen LogP contribution in [-0.4, -0.2) is 46.5 Å². The minimum atomic E-state index is -3.83. The van der Waals surface area contributed by atoms with Crippen molar-refractivity contribution < 1.29 is 13.2 Å². The van der Waals surface area contributed by atoms with Gasteiger partial charge in [0.05, 0.1) is 17.4 Å². The summed E-state index contributed by atoms with van der Waals surface area (Å²) in [5, 5.41) is 7.03. The zero-order valence-electron chi connectivity index (χ0n) is 14.5. The van der Waals surface area contributed by atoms with Crippen molar-refractivity contribution in [2.45, 2.75) is 25.4 Å². The van der Waals surface area contributed by atoms with Crippen LogP contribution in [0.15, 0.2) is 24.5 Å². The number of hydrogen-bond donors (Lipinski definition) is 2. The first kappa shape index (κ1) is 18.8. The maximum atomic E-state index is 12.7. The van der Waals surface area contributed by atoms with Crippen LogP contribution >= 0.6 is 11.6 Å². The van der Waals surface area contributed by atoms with Crippen LogP contribution in [-0.2, 0) is 22.1 Å². The fraction of sp³-hybridized carbons (Fsp3) is 0.400. The first-order valence-corrected chi connectivity index (χ1v) is 9.67. The Balaban J connectivity index is 1.88. The topological polar surface area (TPSA) is 109 Å². The number of hydrogen-bond acceptors (Lipinski definition) is 5. The summed E-state index contributed by atoms with van der Waals surface area (Å²) in [7, 11) is -0.703. The van der Waals surface area contributed by atoms with Crippen LogP contribution in [0.5, 0.6) is 0 Å². The van der Waals surface area contributed by atoms with Crippen LogP contribution < -0.4 is 10.0 Å². The van der Waals surface area contributed by atoms with Gasteiger partial charge < -0.3 is 5.32 Å². The molecule has 2 unspecified atom stereocenters. The van der Waals surface area contributed by atoms with Gasteiger partial charge in [-0.15, -0.1) is 0 Å². The molecule has 1 fully saturated rings. The average Bonchev–Trinajstić information content (AvgIpc) is 2.90. The van der Waals surface area contributed by atoms with E-state index in [1.807, 2.05) is 0 Å². The summed E-state index contributed by atoms with van der Waals surface area (Å²) >= 11 is 5.97. The van der Waals surface area contributed by atoms with Crippen LogP contribution in [0.25, 0.3) is 0 Å². The van der Waals surface area contributed by atoms with E-state index >= 15 is 0 Å². The zero-order chi connectivity index (χ0) is 19.1. The number of likely N-dealkylation sites (N-methyl/N-ethyl adjacent to an activating group) is 1. The number of aryl methyl sites for hydroxylation is 2. The molecule has 2 atom stereocenters. The molecule has 1 saturated heterocycles. The Kier molecular flexibility index (Phi) is 5.02. The SMILES string of the molecule is Cc1nn(C)cc1C1CC(C(=O)Nc2cccnc2Cl)N(C)S(=O)(=O)N1. The van der Waals surface area contributed by atoms with E-state index in [2.05, 4.69) is 20.1 Å². The van der Waals surface area contributed by atoms with Gasteiger partial charge in [-0.2, -0.15) is 22.5 Å². The molecule has 0 aromatic carbocycles. The van der Waals surface area contributed by atoms with Crippen LogP contribution in [0.1, 0.15) is 23.7 Å². The maximum absolute atomic E-state index is 12.7. The van der Waals surface area contributed by atoms with E-state index < -0.39 is 28.2 Å². The van der Waals surface area contributed by atoms with Crippen molar-refractivity contribution in [1.29, 1.82) is 0 Å². The summed E-state index contributed by atoms with van der Waals surface area (Å²) in [4.78, 5) is 16.6. The molecule has 1 amide bonds. The standard InChI is InChI=1S/C15H19ClN6O3S/c1-9-10(8-21(2)19-9)12-7-13(22(3)26(24,25)20-12)15(23)18-11-5-4-6-17-14(11)16/h4-6,8,12-13,20H,7H2,1-3H3,(H,18,23). The second-order valence-electron chi connectivity index (χ2n) is 6.12. The van der Waals surface area contributed by atoms with Crippen molar-refractivity contribution in [3.8, 4) is 0 Å². The van der Waals surface area contributed by atoms with Gasteiger partial charge >= 0.3 is 0 Å². The van der Waals surface area contributed by atoms with Gasteiger partial charge in [0.15, 0.2) is 5.15 Å². The smallest absolute Gasteiger partial charge is 0.280 e. The van der Waals surface area contributed by atoms with Gasteiger partial charge in [0.25, 0.3) is 10.2 Å².